The summed E-state index contributed by atoms with van der Waals surface area (Å²) in [7, 11) is 0. The quantitative estimate of drug-likeness (QED) is 0.465. The molecule has 2 aromatic carbocycles. The predicted molar refractivity (Wildman–Crippen MR) is 128 cm³/mol. The van der Waals surface area contributed by atoms with Crippen molar-refractivity contribution in [3.05, 3.63) is 71.0 Å². The summed E-state index contributed by atoms with van der Waals surface area (Å²) in [5.41, 5.74) is -1.05. The van der Waals surface area contributed by atoms with Crippen LogP contribution in [0.5, 0.6) is 0 Å². The fourth-order valence-electron chi connectivity index (χ4n) is 5.10. The molecule has 0 bridgehead atoms. The Morgan fingerprint density at radius 1 is 1.03 bits per heavy atom. The van der Waals surface area contributed by atoms with Crippen LogP contribution < -0.4 is 5.32 Å². The van der Waals surface area contributed by atoms with Crippen molar-refractivity contribution in [1.29, 1.82) is 0 Å². The number of amides is 1. The van der Waals surface area contributed by atoms with Crippen LogP contribution in [0, 0.1) is 5.82 Å². The molecule has 2 aliphatic carbocycles. The molecular formula is C28H31F4NO5. The topological polar surface area (TPSA) is 66.0 Å². The van der Waals surface area contributed by atoms with E-state index in [0.717, 1.165) is 25.0 Å². The summed E-state index contributed by atoms with van der Waals surface area (Å²) >= 11 is 0. The fourth-order valence-corrected chi connectivity index (χ4v) is 5.10. The van der Waals surface area contributed by atoms with Crippen LogP contribution in [0.3, 0.4) is 0 Å². The van der Waals surface area contributed by atoms with Gasteiger partial charge in [-0.25, -0.2) is 4.39 Å². The molecule has 10 heteroatoms. The van der Waals surface area contributed by atoms with E-state index in [-0.39, 0.29) is 43.8 Å². The van der Waals surface area contributed by atoms with E-state index < -0.39 is 41.4 Å². The first kappa shape index (κ1) is 27.1. The van der Waals surface area contributed by atoms with Crippen molar-refractivity contribution in [3.8, 4) is 0 Å². The Labute approximate surface area is 218 Å². The Kier molecular flexibility index (Phi) is 7.28. The minimum Gasteiger partial charge on any atom is -0.371 e. The lowest BCUT2D eigenvalue weighted by molar-refractivity contribution is -0.183. The number of nitrogens with one attached hydrogen (secondary N) is 1. The molecule has 1 amide bonds. The number of carbonyl (C=O) groups is 1. The minimum atomic E-state index is -4.47. The number of ether oxygens (including phenoxy) is 4. The predicted octanol–water partition coefficient (Wildman–Crippen LogP) is 5.28. The van der Waals surface area contributed by atoms with Crippen LogP contribution in [0.15, 0.2) is 48.5 Å². The highest BCUT2D eigenvalue weighted by atomic mass is 19.4. The molecule has 0 spiro atoms. The third kappa shape index (κ3) is 6.20. The average molecular weight is 538 g/mol. The van der Waals surface area contributed by atoms with Crippen molar-refractivity contribution in [2.75, 3.05) is 0 Å². The van der Waals surface area contributed by atoms with E-state index in [1.807, 2.05) is 0 Å². The van der Waals surface area contributed by atoms with Crippen molar-refractivity contribution in [2.45, 2.75) is 94.7 Å². The average Bonchev–Trinajstić information content (AvgIpc) is 3.61. The Morgan fingerprint density at radius 3 is 2.45 bits per heavy atom. The van der Waals surface area contributed by atoms with E-state index >= 15 is 0 Å². The molecule has 2 saturated carbocycles. The lowest BCUT2D eigenvalue weighted by Gasteiger charge is -2.43. The highest BCUT2D eigenvalue weighted by Gasteiger charge is 2.58. The summed E-state index contributed by atoms with van der Waals surface area (Å²) in [5.74, 6) is -1.61. The van der Waals surface area contributed by atoms with Crippen LogP contribution in [-0.2, 0) is 43.1 Å². The number of halogens is 4. The smallest absolute Gasteiger partial charge is 0.371 e. The van der Waals surface area contributed by atoms with Crippen molar-refractivity contribution in [3.63, 3.8) is 0 Å². The third-order valence-electron chi connectivity index (χ3n) is 7.12. The summed E-state index contributed by atoms with van der Waals surface area (Å²) in [6.07, 6.45) is -4.14. The molecule has 206 valence electrons. The molecule has 1 saturated heterocycles. The van der Waals surface area contributed by atoms with Crippen molar-refractivity contribution < 1.29 is 41.3 Å². The molecule has 1 heterocycles. The highest BCUT2D eigenvalue weighted by molar-refractivity contribution is 5.86. The van der Waals surface area contributed by atoms with Gasteiger partial charge in [0.05, 0.1) is 31.0 Å². The van der Waals surface area contributed by atoms with Crippen LogP contribution in [0.4, 0.5) is 17.6 Å². The Bertz CT molecular complexity index is 1150. The molecule has 2 aromatic rings. The first-order valence-electron chi connectivity index (χ1n) is 12.8. The number of benzene rings is 2. The Morgan fingerprint density at radius 2 is 1.76 bits per heavy atom. The number of carbonyl (C=O) groups excluding carboxylic acids is 1. The molecule has 3 aliphatic rings. The van der Waals surface area contributed by atoms with Crippen LogP contribution in [0.1, 0.15) is 56.2 Å². The number of hydrogen-bond donors (Lipinski definition) is 1. The first-order valence-corrected chi connectivity index (χ1v) is 12.8. The van der Waals surface area contributed by atoms with E-state index in [0.29, 0.717) is 11.1 Å². The zero-order chi connectivity index (χ0) is 27.1. The van der Waals surface area contributed by atoms with Crippen molar-refractivity contribution in [1.82, 2.24) is 5.32 Å². The summed E-state index contributed by atoms with van der Waals surface area (Å²) < 4.78 is 77.8. The standard InChI is InChI=1S/C28H31F4NO5/c1-26(2)37-23-14-27(25(34)33-21-10-11-21,36-16-17-6-8-20(29)9-7-17)13-22(24(23)38-26)35-15-18-4-3-5-19(12-18)28(30,31)32/h3-9,12,21-24H,10-11,13-16H2,1-2H3,(H,33,34)/t22?,23-,24+,27-/m1/s1. The van der Waals surface area contributed by atoms with Gasteiger partial charge in [-0.2, -0.15) is 13.2 Å². The zero-order valence-corrected chi connectivity index (χ0v) is 21.2. The largest absolute Gasteiger partial charge is 0.416 e. The second-order valence-electron chi connectivity index (χ2n) is 10.8. The maximum absolute atomic E-state index is 13.6. The van der Waals surface area contributed by atoms with E-state index in [2.05, 4.69) is 5.32 Å². The van der Waals surface area contributed by atoms with E-state index in [9.17, 15) is 22.4 Å². The molecule has 38 heavy (non-hydrogen) atoms. The minimum absolute atomic E-state index is 0.0559. The fraction of sp³-hybridized carbons (Fsp3) is 0.536. The second-order valence-corrected chi connectivity index (χ2v) is 10.8. The number of rotatable bonds is 8. The first-order chi connectivity index (χ1) is 17.9. The lowest BCUT2D eigenvalue weighted by atomic mass is 9.78. The van der Waals surface area contributed by atoms with Gasteiger partial charge in [0.25, 0.3) is 5.91 Å². The maximum atomic E-state index is 13.6. The van der Waals surface area contributed by atoms with E-state index in [4.69, 9.17) is 18.9 Å². The van der Waals surface area contributed by atoms with Gasteiger partial charge in [-0.1, -0.05) is 24.3 Å². The van der Waals surface area contributed by atoms with Gasteiger partial charge in [-0.15, -0.1) is 0 Å². The normalized spacial score (nSPS) is 28.6. The summed E-state index contributed by atoms with van der Waals surface area (Å²) in [6.45, 7) is 3.47. The number of alkyl halides is 3. The molecule has 3 fully saturated rings. The molecule has 1 N–H and O–H groups in total. The SMILES string of the molecule is CC1(C)O[C@@H]2C[C@@](OCc3ccc(F)cc3)(C(=O)NC3CC3)CC(OCc3cccc(C(F)(F)F)c3)[C@@H]2O1. The molecule has 6 nitrogen and oxygen atoms in total. The monoisotopic (exact) mass is 537 g/mol. The molecule has 0 radical (unpaired) electrons. The lowest BCUT2D eigenvalue weighted by Crippen LogP contribution is -2.60. The van der Waals surface area contributed by atoms with Crippen LogP contribution in [-0.4, -0.2) is 41.6 Å². The van der Waals surface area contributed by atoms with Gasteiger partial charge in [0, 0.05) is 18.9 Å². The molecule has 1 unspecified atom stereocenters. The third-order valence-corrected chi connectivity index (χ3v) is 7.12. The molecule has 1 aliphatic heterocycles. The number of hydrogen-bond acceptors (Lipinski definition) is 5. The molecule has 0 aromatic heterocycles. The highest BCUT2D eigenvalue weighted by Crippen LogP contribution is 2.44. The van der Waals surface area contributed by atoms with Crippen LogP contribution >= 0.6 is 0 Å². The van der Waals surface area contributed by atoms with E-state index in [1.165, 1.54) is 18.2 Å². The molecule has 4 atom stereocenters. The molecular weight excluding hydrogens is 506 g/mol. The van der Waals surface area contributed by atoms with Gasteiger partial charge in [0.15, 0.2) is 11.4 Å². The Hall–Kier alpha value is -2.53. The van der Waals surface area contributed by atoms with Crippen LogP contribution in [0.2, 0.25) is 0 Å². The zero-order valence-electron chi connectivity index (χ0n) is 21.2. The number of fused-ring (bicyclic) bond motifs is 1. The van der Waals surface area contributed by atoms with Gasteiger partial charge in [0.2, 0.25) is 0 Å². The second kappa shape index (κ2) is 10.2. The van der Waals surface area contributed by atoms with Crippen molar-refractivity contribution in [2.24, 2.45) is 0 Å². The van der Waals surface area contributed by atoms with Crippen LogP contribution in [0.25, 0.3) is 0 Å². The molecule has 5 rings (SSSR count). The summed E-state index contributed by atoms with van der Waals surface area (Å²) in [4.78, 5) is 13.6. The summed E-state index contributed by atoms with van der Waals surface area (Å²) in [6, 6.07) is 10.9. The van der Waals surface area contributed by atoms with Gasteiger partial charge in [-0.05, 0) is 62.1 Å². The van der Waals surface area contributed by atoms with E-state index in [1.54, 1.807) is 32.0 Å². The van der Waals surface area contributed by atoms with Gasteiger partial charge >= 0.3 is 6.18 Å². The van der Waals surface area contributed by atoms with Crippen molar-refractivity contribution >= 4 is 5.91 Å². The van der Waals surface area contributed by atoms with Gasteiger partial charge < -0.3 is 24.3 Å². The maximum Gasteiger partial charge on any atom is 0.416 e. The van der Waals surface area contributed by atoms with Gasteiger partial charge in [0.1, 0.15) is 11.9 Å². The van der Waals surface area contributed by atoms with Gasteiger partial charge in [-0.3, -0.25) is 4.79 Å². The summed E-state index contributed by atoms with van der Waals surface area (Å²) in [5, 5.41) is 3.03. The Balaban J connectivity index is 1.39.